The normalized spacial score (nSPS) is 24.3. The molecule has 3 aliphatic rings. The van der Waals surface area contributed by atoms with Crippen molar-refractivity contribution in [2.45, 2.75) is 75.4 Å². The van der Waals surface area contributed by atoms with E-state index in [1.807, 2.05) is 31.3 Å². The van der Waals surface area contributed by atoms with Gasteiger partial charge in [-0.05, 0) is 63.1 Å². The first kappa shape index (κ1) is 25.1. The fourth-order valence-corrected chi connectivity index (χ4v) is 6.98. The minimum atomic E-state index is -0.447. The topological polar surface area (TPSA) is 86.4 Å². The van der Waals surface area contributed by atoms with Gasteiger partial charge < -0.3 is 20.9 Å². The van der Waals surface area contributed by atoms with Crippen LogP contribution in [-0.2, 0) is 9.59 Å². The molecule has 1 saturated carbocycles. The third-order valence-corrected chi connectivity index (χ3v) is 9.11. The van der Waals surface area contributed by atoms with E-state index in [0.29, 0.717) is 0 Å². The number of carbonyl (C=O) groups is 2. The number of fused-ring (bicyclic) bond motifs is 1. The zero-order chi connectivity index (χ0) is 25.1. The molecule has 3 heterocycles. The first-order valence-corrected chi connectivity index (χ1v) is 14.3. The van der Waals surface area contributed by atoms with Crippen LogP contribution in [-0.4, -0.2) is 58.8 Å². The van der Waals surface area contributed by atoms with Crippen LogP contribution in [0, 0.1) is 5.92 Å². The van der Waals surface area contributed by atoms with Crippen LogP contribution in [0.5, 0.6) is 0 Å². The second-order valence-electron chi connectivity index (χ2n) is 10.2. The third-order valence-electron chi connectivity index (χ3n) is 8.01. The Bertz CT molecular complexity index is 1130. The summed E-state index contributed by atoms with van der Waals surface area (Å²) >= 11 is 1.76. The van der Waals surface area contributed by atoms with E-state index < -0.39 is 6.04 Å². The zero-order valence-corrected chi connectivity index (χ0v) is 22.0. The van der Waals surface area contributed by atoms with Gasteiger partial charge in [-0.25, -0.2) is 0 Å². The fourth-order valence-electron chi connectivity index (χ4n) is 5.85. The van der Waals surface area contributed by atoms with Gasteiger partial charge in [0.1, 0.15) is 6.04 Å². The molecule has 3 N–H and O–H groups in total. The Kier molecular flexibility index (Phi) is 7.82. The number of hydrogen-bond acceptors (Lipinski definition) is 6. The zero-order valence-electron chi connectivity index (χ0n) is 21.2. The van der Waals surface area contributed by atoms with Crippen molar-refractivity contribution in [2.75, 3.05) is 13.6 Å². The highest BCUT2D eigenvalue weighted by Crippen LogP contribution is 2.37. The molecule has 1 aromatic carbocycles. The summed E-state index contributed by atoms with van der Waals surface area (Å²) < 4.78 is 0. The van der Waals surface area contributed by atoms with Crippen molar-refractivity contribution in [1.29, 1.82) is 0 Å². The molecule has 5 rings (SSSR count). The molecule has 2 aliphatic heterocycles. The number of hydrogen-bond donors (Lipinski definition) is 3. The highest BCUT2D eigenvalue weighted by atomic mass is 32.2. The molecule has 2 fully saturated rings. The summed E-state index contributed by atoms with van der Waals surface area (Å²) in [5.41, 5.74) is 3.20. The van der Waals surface area contributed by atoms with Crippen molar-refractivity contribution in [3.8, 4) is 0 Å². The summed E-state index contributed by atoms with van der Waals surface area (Å²) in [6.07, 6.45) is 9.24. The lowest BCUT2D eigenvalue weighted by atomic mass is 9.83. The maximum Gasteiger partial charge on any atom is 0.245 e. The third kappa shape index (κ3) is 5.11. The molecule has 0 unspecified atom stereocenters. The van der Waals surface area contributed by atoms with Crippen LogP contribution >= 0.6 is 11.8 Å². The molecular formula is C28H37N5O2S. The van der Waals surface area contributed by atoms with E-state index in [1.54, 1.807) is 18.8 Å². The fraction of sp³-hybridized carbons (Fsp3) is 0.536. The van der Waals surface area contributed by atoms with E-state index in [1.165, 1.54) is 6.42 Å². The number of rotatable bonds is 7. The number of benzene rings is 1. The molecule has 0 spiro atoms. The maximum absolute atomic E-state index is 14.0. The van der Waals surface area contributed by atoms with Crippen molar-refractivity contribution in [2.24, 2.45) is 5.92 Å². The minimum absolute atomic E-state index is 0.0891. The summed E-state index contributed by atoms with van der Waals surface area (Å²) in [7, 11) is 1.78. The Hall–Kier alpha value is -2.58. The van der Waals surface area contributed by atoms with Gasteiger partial charge in [-0.15, -0.1) is 11.8 Å². The Morgan fingerprint density at radius 2 is 1.94 bits per heavy atom. The quantitative estimate of drug-likeness (QED) is 0.528. The van der Waals surface area contributed by atoms with E-state index in [-0.39, 0.29) is 35.2 Å². The molecule has 1 saturated heterocycles. The second kappa shape index (κ2) is 11.2. The molecule has 7 nitrogen and oxygen atoms in total. The lowest BCUT2D eigenvalue weighted by Crippen LogP contribution is -2.58. The van der Waals surface area contributed by atoms with E-state index in [2.05, 4.69) is 43.4 Å². The lowest BCUT2D eigenvalue weighted by molar-refractivity contribution is -0.139. The molecule has 4 atom stereocenters. The van der Waals surface area contributed by atoms with Gasteiger partial charge in [0.2, 0.25) is 11.8 Å². The summed E-state index contributed by atoms with van der Waals surface area (Å²) in [5.74, 6) is 0.201. The van der Waals surface area contributed by atoms with Crippen molar-refractivity contribution in [3.05, 3.63) is 47.5 Å². The summed E-state index contributed by atoms with van der Waals surface area (Å²) in [4.78, 5) is 33.4. The number of likely N-dealkylation sites (tertiary alicyclic amines) is 1. The van der Waals surface area contributed by atoms with Gasteiger partial charge in [0.15, 0.2) is 0 Å². The number of thioether (sulfide) groups is 1. The van der Waals surface area contributed by atoms with Gasteiger partial charge >= 0.3 is 0 Å². The van der Waals surface area contributed by atoms with E-state index >= 15 is 0 Å². The van der Waals surface area contributed by atoms with Gasteiger partial charge in [-0.1, -0.05) is 37.5 Å². The summed E-state index contributed by atoms with van der Waals surface area (Å²) in [5, 5.41) is 13.3. The highest BCUT2D eigenvalue weighted by Gasteiger charge is 2.42. The van der Waals surface area contributed by atoms with Crippen molar-refractivity contribution >= 4 is 40.2 Å². The van der Waals surface area contributed by atoms with Crippen LogP contribution in [0.1, 0.15) is 57.4 Å². The van der Waals surface area contributed by atoms with Crippen molar-refractivity contribution in [1.82, 2.24) is 25.8 Å². The molecule has 0 bridgehead atoms. The van der Waals surface area contributed by atoms with Crippen LogP contribution in [0.2, 0.25) is 0 Å². The number of amides is 2. The lowest BCUT2D eigenvalue weighted by Gasteiger charge is -2.37. The molecular weight excluding hydrogens is 470 g/mol. The van der Waals surface area contributed by atoms with Crippen molar-refractivity contribution in [3.63, 3.8) is 0 Å². The van der Waals surface area contributed by atoms with Crippen LogP contribution in [0.3, 0.4) is 0 Å². The number of carbonyl (C=O) groups excluding carboxylic acids is 2. The standard InChI is InChI=1S/C28H37N5O2S/c1-18(29-2)26(34)32-25(19-9-4-3-5-10-19)28(35)33-16-8-14-24(33)27-31-23(17-36-27)21-11-6-13-22-20(21)12-7-15-30-22/h6-7,11-13,15,17-19,24-25,27,29,31H,3-5,8-10,14,16H2,1-2H3,(H,32,34)/t18-,24-,25-,27-/m0/s1. The Morgan fingerprint density at radius 3 is 2.75 bits per heavy atom. The largest absolute Gasteiger partial charge is 0.370 e. The second-order valence-corrected chi connectivity index (χ2v) is 11.3. The van der Waals surface area contributed by atoms with Crippen LogP contribution in [0.15, 0.2) is 41.9 Å². The molecule has 0 radical (unpaired) electrons. The average molecular weight is 508 g/mol. The SMILES string of the molecule is CN[C@@H](C)C(=O)N[C@H](C(=O)N1CCC[C@H]1[C@H]1NC(c2cccc3ncccc23)=CS1)C1CCCCC1. The molecule has 8 heteroatoms. The van der Waals surface area contributed by atoms with Gasteiger partial charge in [0.25, 0.3) is 0 Å². The van der Waals surface area contributed by atoms with E-state index in [4.69, 9.17) is 0 Å². The first-order chi connectivity index (χ1) is 17.6. The number of nitrogens with one attached hydrogen (secondary N) is 3. The maximum atomic E-state index is 14.0. The molecule has 36 heavy (non-hydrogen) atoms. The van der Waals surface area contributed by atoms with Gasteiger partial charge in [-0.3, -0.25) is 14.6 Å². The Balaban J connectivity index is 1.32. The van der Waals surface area contributed by atoms with E-state index in [9.17, 15) is 9.59 Å². The van der Waals surface area contributed by atoms with Crippen LogP contribution in [0.25, 0.3) is 16.6 Å². The Labute approximate surface area is 217 Å². The monoisotopic (exact) mass is 507 g/mol. The summed E-state index contributed by atoms with van der Waals surface area (Å²) in [6.45, 7) is 2.59. The predicted octanol–water partition coefficient (Wildman–Crippen LogP) is 3.86. The molecule has 1 aliphatic carbocycles. The smallest absolute Gasteiger partial charge is 0.245 e. The average Bonchev–Trinajstić information content (AvgIpc) is 3.61. The van der Waals surface area contributed by atoms with Gasteiger partial charge in [0.05, 0.1) is 23.0 Å². The molecule has 2 amide bonds. The summed E-state index contributed by atoms with van der Waals surface area (Å²) in [6, 6.07) is 9.59. The van der Waals surface area contributed by atoms with Gasteiger partial charge in [-0.2, -0.15) is 0 Å². The van der Waals surface area contributed by atoms with Crippen molar-refractivity contribution < 1.29 is 9.59 Å². The Morgan fingerprint density at radius 1 is 1.11 bits per heavy atom. The van der Waals surface area contributed by atoms with Crippen LogP contribution in [0.4, 0.5) is 0 Å². The number of nitrogens with zero attached hydrogens (tertiary/aromatic N) is 2. The first-order valence-electron chi connectivity index (χ1n) is 13.3. The predicted molar refractivity (Wildman–Crippen MR) is 146 cm³/mol. The van der Waals surface area contributed by atoms with Gasteiger partial charge in [0, 0.05) is 29.4 Å². The van der Waals surface area contributed by atoms with Crippen LogP contribution < -0.4 is 16.0 Å². The highest BCUT2D eigenvalue weighted by molar-refractivity contribution is 8.03. The molecule has 192 valence electrons. The molecule has 1 aromatic heterocycles. The number of likely N-dealkylation sites (N-methyl/N-ethyl adjacent to an activating group) is 1. The molecule has 2 aromatic rings. The minimum Gasteiger partial charge on any atom is -0.370 e. The number of aromatic nitrogens is 1. The van der Waals surface area contributed by atoms with E-state index in [0.717, 1.165) is 67.2 Å². The number of pyridine rings is 1.